The van der Waals surface area contributed by atoms with Crippen LogP contribution in [0, 0.1) is 30.9 Å². The summed E-state index contributed by atoms with van der Waals surface area (Å²) in [5, 5.41) is 17.1. The van der Waals surface area contributed by atoms with Gasteiger partial charge in [0.1, 0.15) is 29.4 Å². The van der Waals surface area contributed by atoms with E-state index in [0.29, 0.717) is 16.5 Å². The van der Waals surface area contributed by atoms with Gasteiger partial charge in [-0.2, -0.15) is 5.10 Å². The molecule has 0 bridgehead atoms. The molecule has 1 heterocycles. The van der Waals surface area contributed by atoms with Crippen molar-refractivity contribution in [1.29, 1.82) is 0 Å². The van der Waals surface area contributed by atoms with Crippen LogP contribution in [0.25, 0.3) is 0 Å². The van der Waals surface area contributed by atoms with E-state index in [4.69, 9.17) is 4.74 Å². The fraction of sp³-hybridized carbons (Fsp3) is 0.273. The first-order valence-electron chi connectivity index (χ1n) is 9.93. The average molecular weight is 480 g/mol. The molecular formula is C22H20F4N4O4. The van der Waals surface area contributed by atoms with Gasteiger partial charge in [0.25, 0.3) is 18.5 Å². The van der Waals surface area contributed by atoms with E-state index in [-0.39, 0.29) is 17.1 Å². The van der Waals surface area contributed by atoms with Crippen LogP contribution >= 0.6 is 0 Å². The average Bonchev–Trinajstić information content (AvgIpc) is 3.15. The molecule has 3 aromatic rings. The summed E-state index contributed by atoms with van der Waals surface area (Å²) in [6.07, 6.45) is -6.22. The number of nitrogens with zero attached hydrogens (tertiary/aromatic N) is 3. The highest BCUT2D eigenvalue weighted by Crippen LogP contribution is 2.33. The zero-order valence-corrected chi connectivity index (χ0v) is 18.3. The number of alkyl halides is 4. The maximum absolute atomic E-state index is 13.1. The molecule has 0 spiro atoms. The second-order valence-corrected chi connectivity index (χ2v) is 7.58. The summed E-state index contributed by atoms with van der Waals surface area (Å²) < 4.78 is 58.2. The number of ether oxygens (including phenoxy) is 1. The van der Waals surface area contributed by atoms with Crippen LogP contribution in [0.1, 0.15) is 40.9 Å². The molecule has 0 aliphatic carbocycles. The van der Waals surface area contributed by atoms with Crippen molar-refractivity contribution >= 4 is 17.3 Å². The van der Waals surface area contributed by atoms with E-state index >= 15 is 0 Å². The second kappa shape index (κ2) is 9.89. The molecule has 1 N–H and O–H groups in total. The maximum Gasteiger partial charge on any atom is 0.282 e. The number of nitro benzene ring substituents is 1. The number of rotatable bonds is 8. The highest BCUT2D eigenvalue weighted by atomic mass is 19.3. The van der Waals surface area contributed by atoms with E-state index in [0.717, 1.165) is 22.8 Å². The first kappa shape index (κ1) is 24.7. The van der Waals surface area contributed by atoms with Crippen molar-refractivity contribution < 1.29 is 32.0 Å². The number of amides is 1. The number of nitrogens with one attached hydrogen (secondary N) is 1. The normalized spacial score (nSPS) is 11.2. The summed E-state index contributed by atoms with van der Waals surface area (Å²) in [4.78, 5) is 23.1. The van der Waals surface area contributed by atoms with E-state index in [9.17, 15) is 32.5 Å². The maximum atomic E-state index is 13.1. The Morgan fingerprint density at radius 2 is 1.79 bits per heavy atom. The molecule has 1 aromatic heterocycles. The number of aromatic nitrogens is 2. The third-order valence-corrected chi connectivity index (χ3v) is 4.95. The van der Waals surface area contributed by atoms with Gasteiger partial charge >= 0.3 is 0 Å². The summed E-state index contributed by atoms with van der Waals surface area (Å²) in [6.45, 7) is 4.77. The summed E-state index contributed by atoms with van der Waals surface area (Å²) in [5.41, 5.74) is 0.506. The van der Waals surface area contributed by atoms with Gasteiger partial charge in [-0.1, -0.05) is 6.07 Å². The van der Waals surface area contributed by atoms with Crippen molar-refractivity contribution in [3.05, 3.63) is 74.6 Å². The minimum Gasteiger partial charge on any atom is -0.457 e. The monoisotopic (exact) mass is 480 g/mol. The number of aryl methyl sites for hydroxylation is 2. The van der Waals surface area contributed by atoms with E-state index < -0.39 is 41.6 Å². The smallest absolute Gasteiger partial charge is 0.282 e. The number of hydrogen-bond acceptors (Lipinski definition) is 5. The van der Waals surface area contributed by atoms with Gasteiger partial charge < -0.3 is 10.1 Å². The predicted molar refractivity (Wildman–Crippen MR) is 115 cm³/mol. The Hall–Kier alpha value is -3.96. The van der Waals surface area contributed by atoms with Crippen molar-refractivity contribution in [3.63, 3.8) is 0 Å². The molecule has 2 aromatic carbocycles. The molecule has 180 valence electrons. The zero-order valence-electron chi connectivity index (χ0n) is 18.3. The second-order valence-electron chi connectivity index (χ2n) is 7.58. The number of anilines is 1. The molecule has 0 saturated heterocycles. The van der Waals surface area contributed by atoms with Gasteiger partial charge in [-0.15, -0.1) is 0 Å². The minimum atomic E-state index is -3.13. The molecular weight excluding hydrogens is 460 g/mol. The van der Waals surface area contributed by atoms with Crippen molar-refractivity contribution in [2.24, 2.45) is 0 Å². The molecule has 1 amide bonds. The van der Waals surface area contributed by atoms with E-state index in [1.165, 1.54) is 12.1 Å². The summed E-state index contributed by atoms with van der Waals surface area (Å²) in [6, 6.07) is 7.77. The summed E-state index contributed by atoms with van der Waals surface area (Å²) >= 11 is 0. The lowest BCUT2D eigenvalue weighted by Crippen LogP contribution is -2.21. The first-order chi connectivity index (χ1) is 15.9. The van der Waals surface area contributed by atoms with E-state index in [1.807, 2.05) is 26.8 Å². The minimum absolute atomic E-state index is 0.0453. The van der Waals surface area contributed by atoms with Crippen molar-refractivity contribution in [3.8, 4) is 11.5 Å². The van der Waals surface area contributed by atoms with Crippen LogP contribution in [0.5, 0.6) is 11.5 Å². The van der Waals surface area contributed by atoms with Gasteiger partial charge in [0.05, 0.1) is 16.7 Å². The fourth-order valence-corrected chi connectivity index (χ4v) is 3.25. The van der Waals surface area contributed by atoms with Gasteiger partial charge in [-0.05, 0) is 49.6 Å². The molecule has 0 aliphatic heterocycles. The third kappa shape index (κ3) is 5.69. The molecule has 8 nitrogen and oxygen atoms in total. The van der Waals surface area contributed by atoms with Gasteiger partial charge in [0.15, 0.2) is 0 Å². The highest BCUT2D eigenvalue weighted by Gasteiger charge is 2.23. The van der Waals surface area contributed by atoms with Crippen LogP contribution in [0.2, 0.25) is 0 Å². The Morgan fingerprint density at radius 1 is 1.09 bits per heavy atom. The highest BCUT2D eigenvalue weighted by molar-refractivity contribution is 5.91. The van der Waals surface area contributed by atoms with Gasteiger partial charge in [-0.3, -0.25) is 19.6 Å². The number of carbonyl (C=O) groups excluding carboxylic acids is 1. The van der Waals surface area contributed by atoms with Crippen molar-refractivity contribution in [2.75, 3.05) is 5.32 Å². The standard InChI is InChI=1S/C22H20F4N4O4/c1-11-4-12(2)13(3)19(5-11)34-16-7-14(6-15(8-16)30(32)33)27-20(31)10-29-18(22(25)26)9-17(28-29)21(23)24/h4-9,21-22H,10H2,1-3H3,(H,27,31). The zero-order chi connectivity index (χ0) is 25.2. The molecule has 34 heavy (non-hydrogen) atoms. The van der Waals surface area contributed by atoms with Crippen LogP contribution in [-0.4, -0.2) is 20.6 Å². The van der Waals surface area contributed by atoms with Crippen LogP contribution in [0.3, 0.4) is 0 Å². The number of halogens is 4. The Morgan fingerprint density at radius 3 is 2.41 bits per heavy atom. The Balaban J connectivity index is 1.87. The molecule has 0 aliphatic rings. The Bertz CT molecular complexity index is 1240. The third-order valence-electron chi connectivity index (χ3n) is 4.95. The Labute approximate surface area is 191 Å². The van der Waals surface area contributed by atoms with Crippen LogP contribution in [-0.2, 0) is 11.3 Å². The topological polar surface area (TPSA) is 99.3 Å². The molecule has 0 fully saturated rings. The molecule has 0 radical (unpaired) electrons. The summed E-state index contributed by atoms with van der Waals surface area (Å²) in [7, 11) is 0. The number of benzene rings is 2. The number of nitro groups is 1. The van der Waals surface area contributed by atoms with Crippen molar-refractivity contribution in [1.82, 2.24) is 9.78 Å². The molecule has 3 rings (SSSR count). The molecule has 0 atom stereocenters. The van der Waals surface area contributed by atoms with E-state index in [1.54, 1.807) is 6.07 Å². The van der Waals surface area contributed by atoms with Crippen LogP contribution in [0.15, 0.2) is 36.4 Å². The number of non-ortho nitro benzene ring substituents is 1. The van der Waals surface area contributed by atoms with Crippen LogP contribution in [0.4, 0.5) is 28.9 Å². The quantitative estimate of drug-likeness (QED) is 0.241. The predicted octanol–water partition coefficient (Wildman–Crippen LogP) is 6.02. The molecule has 0 unspecified atom stereocenters. The van der Waals surface area contributed by atoms with Gasteiger partial charge in [0, 0.05) is 12.1 Å². The van der Waals surface area contributed by atoms with Crippen LogP contribution < -0.4 is 10.1 Å². The fourth-order valence-electron chi connectivity index (χ4n) is 3.25. The largest absolute Gasteiger partial charge is 0.457 e. The number of carbonyl (C=O) groups is 1. The van der Waals surface area contributed by atoms with Crippen molar-refractivity contribution in [2.45, 2.75) is 40.2 Å². The van der Waals surface area contributed by atoms with E-state index in [2.05, 4.69) is 10.4 Å². The number of hydrogen-bond donors (Lipinski definition) is 1. The Kier molecular flexibility index (Phi) is 7.18. The lowest BCUT2D eigenvalue weighted by atomic mass is 10.1. The molecule has 12 heteroatoms. The van der Waals surface area contributed by atoms with Gasteiger partial charge in [-0.25, -0.2) is 17.6 Å². The van der Waals surface area contributed by atoms with Gasteiger partial charge in [0.2, 0.25) is 5.91 Å². The molecule has 0 saturated carbocycles. The lowest BCUT2D eigenvalue weighted by Gasteiger charge is -2.13. The SMILES string of the molecule is Cc1cc(C)c(C)c(Oc2cc(NC(=O)Cn3nc(C(F)F)cc3C(F)F)cc([N+](=O)[O-])c2)c1. The first-order valence-corrected chi connectivity index (χ1v) is 9.93. The lowest BCUT2D eigenvalue weighted by molar-refractivity contribution is -0.384. The summed E-state index contributed by atoms with van der Waals surface area (Å²) in [5.74, 6) is -0.377.